The number of benzene rings is 1. The molecule has 19 heavy (non-hydrogen) atoms. The molecule has 4 nitrogen and oxygen atoms in total. The van der Waals surface area contributed by atoms with Crippen molar-refractivity contribution in [2.24, 2.45) is 0 Å². The second-order valence-corrected chi connectivity index (χ2v) is 6.00. The second-order valence-electron chi connectivity index (χ2n) is 3.86. The molecule has 1 aromatic carbocycles. The van der Waals surface area contributed by atoms with Gasteiger partial charge in [0.15, 0.2) is 0 Å². The van der Waals surface area contributed by atoms with Gasteiger partial charge in [-0.3, -0.25) is 0 Å². The van der Waals surface area contributed by atoms with Crippen LogP contribution in [0.25, 0.3) is 0 Å². The molecule has 0 amide bonds. The summed E-state index contributed by atoms with van der Waals surface area (Å²) in [6, 6.07) is 4.44. The molecule has 0 heterocycles. The van der Waals surface area contributed by atoms with Crippen LogP contribution in [-0.4, -0.2) is 26.7 Å². The van der Waals surface area contributed by atoms with Gasteiger partial charge in [-0.1, -0.05) is 36.8 Å². The zero-order chi connectivity index (χ0) is 14.3. The van der Waals surface area contributed by atoms with Crippen molar-refractivity contribution in [3.05, 3.63) is 28.8 Å². The van der Waals surface area contributed by atoms with Crippen LogP contribution >= 0.6 is 11.6 Å². The van der Waals surface area contributed by atoms with Crippen LogP contribution in [0.5, 0.6) is 0 Å². The molecule has 104 valence electrons. The minimum absolute atomic E-state index is 0.0415. The first kappa shape index (κ1) is 16.0. The smallest absolute Gasteiger partial charge is 0.242 e. The van der Waals surface area contributed by atoms with Crippen molar-refractivity contribution in [3.63, 3.8) is 0 Å². The van der Waals surface area contributed by atoms with Gasteiger partial charge < -0.3 is 5.11 Å². The molecule has 0 radical (unpaired) electrons. The first-order valence-corrected chi connectivity index (χ1v) is 7.76. The monoisotopic (exact) mass is 301 g/mol. The third-order valence-electron chi connectivity index (χ3n) is 2.36. The Morgan fingerprint density at radius 1 is 1.42 bits per heavy atom. The highest BCUT2D eigenvalue weighted by Crippen LogP contribution is 2.22. The summed E-state index contributed by atoms with van der Waals surface area (Å²) in [7, 11) is -3.58. The molecule has 0 unspecified atom stereocenters. The molecule has 0 saturated heterocycles. The quantitative estimate of drug-likeness (QED) is 0.643. The molecule has 6 heteroatoms. The fourth-order valence-corrected chi connectivity index (χ4v) is 3.02. The van der Waals surface area contributed by atoms with Gasteiger partial charge in [0.2, 0.25) is 10.0 Å². The molecule has 2 N–H and O–H groups in total. The van der Waals surface area contributed by atoms with Gasteiger partial charge >= 0.3 is 0 Å². The maximum absolute atomic E-state index is 12.0. The van der Waals surface area contributed by atoms with Gasteiger partial charge in [0, 0.05) is 12.1 Å². The maximum atomic E-state index is 12.0. The van der Waals surface area contributed by atoms with Crippen LogP contribution in [0.3, 0.4) is 0 Å². The maximum Gasteiger partial charge on any atom is 0.242 e. The highest BCUT2D eigenvalue weighted by molar-refractivity contribution is 7.89. The minimum Gasteiger partial charge on any atom is -0.384 e. The molecule has 0 aliphatic rings. The summed E-state index contributed by atoms with van der Waals surface area (Å²) in [5.41, 5.74) is 0.562. The number of hydrogen-bond acceptors (Lipinski definition) is 3. The van der Waals surface area contributed by atoms with Crippen LogP contribution in [-0.2, 0) is 10.0 Å². The summed E-state index contributed by atoms with van der Waals surface area (Å²) in [6.07, 6.45) is 1.68. The van der Waals surface area contributed by atoms with Crippen LogP contribution in [0, 0.1) is 11.8 Å². The van der Waals surface area contributed by atoms with Gasteiger partial charge in [-0.15, -0.1) is 0 Å². The Balaban J connectivity index is 2.95. The minimum atomic E-state index is -3.58. The molecule has 0 aromatic heterocycles. The third-order valence-corrected chi connectivity index (χ3v) is 4.30. The van der Waals surface area contributed by atoms with E-state index in [4.69, 9.17) is 16.7 Å². The van der Waals surface area contributed by atoms with Crippen LogP contribution in [0.4, 0.5) is 0 Å². The number of sulfonamides is 1. The van der Waals surface area contributed by atoms with Crippen LogP contribution in [0.15, 0.2) is 23.1 Å². The zero-order valence-electron chi connectivity index (χ0n) is 10.6. The lowest BCUT2D eigenvalue weighted by molar-refractivity contribution is 0.350. The van der Waals surface area contributed by atoms with Gasteiger partial charge in [-0.05, 0) is 24.6 Å². The van der Waals surface area contributed by atoms with E-state index >= 15 is 0 Å². The lowest BCUT2D eigenvalue weighted by Gasteiger charge is -2.08. The Kier molecular flexibility index (Phi) is 6.32. The van der Waals surface area contributed by atoms with Gasteiger partial charge in [-0.25, -0.2) is 13.1 Å². The van der Waals surface area contributed by atoms with E-state index in [0.717, 1.165) is 12.8 Å². The van der Waals surface area contributed by atoms with Crippen molar-refractivity contribution in [1.82, 2.24) is 4.72 Å². The predicted molar refractivity (Wildman–Crippen MR) is 75.5 cm³/mol. The molecular weight excluding hydrogens is 286 g/mol. The molecule has 0 fully saturated rings. The lowest BCUT2D eigenvalue weighted by atomic mass is 10.2. The summed E-state index contributed by atoms with van der Waals surface area (Å²) in [4.78, 5) is 0.0415. The van der Waals surface area contributed by atoms with E-state index in [1.54, 1.807) is 6.07 Å². The largest absolute Gasteiger partial charge is 0.384 e. The number of rotatable bonds is 5. The molecular formula is C13H16ClNO3S. The highest BCUT2D eigenvalue weighted by atomic mass is 35.5. The Labute approximate surface area is 118 Å². The van der Waals surface area contributed by atoms with Crippen molar-refractivity contribution in [3.8, 4) is 11.8 Å². The van der Waals surface area contributed by atoms with Crippen molar-refractivity contribution in [2.75, 3.05) is 13.2 Å². The summed E-state index contributed by atoms with van der Waals surface area (Å²) >= 11 is 5.96. The fraction of sp³-hybridized carbons (Fsp3) is 0.385. The molecule has 0 saturated carbocycles. The average Bonchev–Trinajstić information content (AvgIpc) is 2.36. The van der Waals surface area contributed by atoms with E-state index in [1.807, 2.05) is 6.92 Å². The van der Waals surface area contributed by atoms with Gasteiger partial charge in [0.25, 0.3) is 0 Å². The Bertz CT molecular complexity index is 588. The third kappa shape index (κ3) is 4.84. The number of aliphatic hydroxyl groups excluding tert-OH is 1. The first-order chi connectivity index (χ1) is 9.01. The van der Waals surface area contributed by atoms with Crippen molar-refractivity contribution in [1.29, 1.82) is 0 Å². The van der Waals surface area contributed by atoms with E-state index in [9.17, 15) is 8.42 Å². The molecule has 0 aliphatic heterocycles. The Morgan fingerprint density at radius 2 is 2.16 bits per heavy atom. The topological polar surface area (TPSA) is 66.4 Å². The lowest BCUT2D eigenvalue weighted by Crippen LogP contribution is -2.25. The first-order valence-electron chi connectivity index (χ1n) is 5.90. The zero-order valence-corrected chi connectivity index (χ0v) is 12.2. The number of unbranched alkanes of at least 4 members (excludes halogenated alkanes) is 1. The molecule has 1 rings (SSSR count). The van der Waals surface area contributed by atoms with Crippen molar-refractivity contribution >= 4 is 21.6 Å². The number of halogens is 1. The van der Waals surface area contributed by atoms with Gasteiger partial charge in [-0.2, -0.15) is 0 Å². The Hall–Kier alpha value is -1.06. The van der Waals surface area contributed by atoms with Crippen LogP contribution in [0.2, 0.25) is 5.02 Å². The van der Waals surface area contributed by atoms with Gasteiger partial charge in [0.1, 0.15) is 11.5 Å². The van der Waals surface area contributed by atoms with E-state index in [1.165, 1.54) is 12.1 Å². The number of nitrogens with one attached hydrogen (secondary N) is 1. The average molecular weight is 302 g/mol. The summed E-state index contributed by atoms with van der Waals surface area (Å²) in [5, 5.41) is 8.71. The summed E-state index contributed by atoms with van der Waals surface area (Å²) in [6.45, 7) is 2.12. The molecule has 1 aromatic rings. The van der Waals surface area contributed by atoms with Crippen molar-refractivity contribution in [2.45, 2.75) is 24.7 Å². The van der Waals surface area contributed by atoms with E-state index in [-0.39, 0.29) is 16.5 Å². The van der Waals surface area contributed by atoms with E-state index in [0.29, 0.717) is 12.1 Å². The fourth-order valence-electron chi connectivity index (χ4n) is 1.40. The molecule has 0 bridgehead atoms. The molecule has 0 aliphatic carbocycles. The SMILES string of the molecule is CCCCNS(=O)(=O)c1ccc(C#CCO)cc1Cl. The van der Waals surface area contributed by atoms with Crippen molar-refractivity contribution < 1.29 is 13.5 Å². The Morgan fingerprint density at radius 3 is 2.74 bits per heavy atom. The van der Waals surface area contributed by atoms with Crippen LogP contribution < -0.4 is 4.72 Å². The molecule has 0 atom stereocenters. The van der Waals surface area contributed by atoms with E-state index < -0.39 is 10.0 Å². The molecule has 0 spiro atoms. The predicted octanol–water partition coefficient (Wildman–Crippen LogP) is 1.76. The number of hydrogen-bond donors (Lipinski definition) is 2. The van der Waals surface area contributed by atoms with E-state index in [2.05, 4.69) is 16.6 Å². The standard InChI is InChI=1S/C13H16ClNO3S/c1-2-3-8-15-19(17,18)13-7-6-11(5-4-9-16)10-12(13)14/h6-7,10,15-16H,2-3,8-9H2,1H3. The second kappa shape index (κ2) is 7.51. The number of aliphatic hydroxyl groups is 1. The normalized spacial score (nSPS) is 10.9. The summed E-state index contributed by atoms with van der Waals surface area (Å²) < 4.78 is 26.5. The summed E-state index contributed by atoms with van der Waals surface area (Å²) in [5.74, 6) is 5.14. The van der Waals surface area contributed by atoms with Gasteiger partial charge in [0.05, 0.1) is 5.02 Å². The highest BCUT2D eigenvalue weighted by Gasteiger charge is 2.17. The van der Waals surface area contributed by atoms with Crippen LogP contribution in [0.1, 0.15) is 25.3 Å².